The highest BCUT2D eigenvalue weighted by molar-refractivity contribution is 5.80. The van der Waals surface area contributed by atoms with Gasteiger partial charge in [-0.1, -0.05) is 44.2 Å². The lowest BCUT2D eigenvalue weighted by Gasteiger charge is -2.22. The maximum absolute atomic E-state index is 4.48. The summed E-state index contributed by atoms with van der Waals surface area (Å²) in [4.78, 5) is 9.37. The van der Waals surface area contributed by atoms with Gasteiger partial charge in [-0.05, 0) is 44.5 Å². The zero-order valence-corrected chi connectivity index (χ0v) is 15.7. The van der Waals surface area contributed by atoms with Gasteiger partial charge in [-0.3, -0.25) is 4.99 Å². The molecule has 0 saturated carbocycles. The van der Waals surface area contributed by atoms with Crippen molar-refractivity contribution in [3.8, 4) is 0 Å². The Morgan fingerprint density at radius 3 is 2.62 bits per heavy atom. The van der Waals surface area contributed by atoms with E-state index in [0.29, 0.717) is 5.92 Å². The van der Waals surface area contributed by atoms with Gasteiger partial charge in [0.25, 0.3) is 0 Å². The third kappa shape index (κ3) is 5.52. The van der Waals surface area contributed by atoms with Crippen LogP contribution in [0.5, 0.6) is 0 Å². The van der Waals surface area contributed by atoms with Crippen LogP contribution in [-0.4, -0.2) is 62.1 Å². The molecule has 1 aromatic rings. The Labute approximate surface area is 147 Å². The number of unbranched alkanes of at least 4 members (excludes halogenated alkanes) is 1. The molecule has 1 atom stereocenters. The second kappa shape index (κ2) is 10.3. The van der Waals surface area contributed by atoms with E-state index in [-0.39, 0.29) is 0 Å². The van der Waals surface area contributed by atoms with Gasteiger partial charge in [0.2, 0.25) is 0 Å². The van der Waals surface area contributed by atoms with Gasteiger partial charge in [-0.15, -0.1) is 0 Å². The Morgan fingerprint density at radius 2 is 1.96 bits per heavy atom. The van der Waals surface area contributed by atoms with Crippen LogP contribution in [0.25, 0.3) is 0 Å². The molecule has 0 bridgehead atoms. The van der Waals surface area contributed by atoms with E-state index in [2.05, 4.69) is 64.3 Å². The summed E-state index contributed by atoms with van der Waals surface area (Å²) in [5.41, 5.74) is 1.45. The molecule has 1 saturated heterocycles. The summed E-state index contributed by atoms with van der Waals surface area (Å²) in [5.74, 6) is 1.70. The fraction of sp³-hybridized carbons (Fsp3) is 0.650. The van der Waals surface area contributed by atoms with Crippen molar-refractivity contribution in [1.29, 1.82) is 0 Å². The Morgan fingerprint density at radius 1 is 1.21 bits per heavy atom. The molecule has 4 heteroatoms. The first kappa shape index (κ1) is 18.8. The molecule has 1 aromatic carbocycles. The van der Waals surface area contributed by atoms with Crippen molar-refractivity contribution in [3.63, 3.8) is 0 Å². The molecule has 0 aromatic heterocycles. The predicted molar refractivity (Wildman–Crippen MR) is 104 cm³/mol. The van der Waals surface area contributed by atoms with Gasteiger partial charge in [0, 0.05) is 32.6 Å². The number of hydrogen-bond acceptors (Lipinski definition) is 2. The minimum atomic E-state index is 0.632. The molecule has 134 valence electrons. The maximum Gasteiger partial charge on any atom is 0.193 e. The predicted octanol–water partition coefficient (Wildman–Crippen LogP) is 3.17. The van der Waals surface area contributed by atoms with Crippen LogP contribution in [-0.2, 0) is 0 Å². The van der Waals surface area contributed by atoms with Crippen molar-refractivity contribution in [2.75, 3.05) is 46.3 Å². The normalized spacial score (nSPS) is 18.4. The Bertz CT molecular complexity index is 482. The summed E-state index contributed by atoms with van der Waals surface area (Å²) in [6, 6.07) is 10.9. The first-order valence-corrected chi connectivity index (χ1v) is 9.51. The van der Waals surface area contributed by atoms with E-state index in [4.69, 9.17) is 0 Å². The highest BCUT2D eigenvalue weighted by Crippen LogP contribution is 2.26. The van der Waals surface area contributed by atoms with Gasteiger partial charge >= 0.3 is 0 Å². The maximum atomic E-state index is 4.48. The van der Waals surface area contributed by atoms with Crippen molar-refractivity contribution in [2.45, 2.75) is 39.0 Å². The van der Waals surface area contributed by atoms with Crippen molar-refractivity contribution < 1.29 is 0 Å². The van der Waals surface area contributed by atoms with Gasteiger partial charge < -0.3 is 15.1 Å². The number of nitrogens with zero attached hydrogens (tertiary/aromatic N) is 3. The number of likely N-dealkylation sites (tertiary alicyclic amines) is 1. The van der Waals surface area contributed by atoms with Gasteiger partial charge in [-0.2, -0.15) is 0 Å². The van der Waals surface area contributed by atoms with E-state index in [1.807, 2.05) is 7.05 Å². The number of hydrogen-bond donors (Lipinski definition) is 1. The molecular weight excluding hydrogens is 296 g/mol. The highest BCUT2D eigenvalue weighted by atomic mass is 15.3. The highest BCUT2D eigenvalue weighted by Gasteiger charge is 2.25. The standard InChI is InChI=1S/C20H34N4/c1-4-23(5-2)15-10-9-14-22-20(21-3)24-16-13-19(17-24)18-11-7-6-8-12-18/h6-8,11-12,19H,4-5,9-10,13-17H2,1-3H3,(H,21,22). The lowest BCUT2D eigenvalue weighted by Crippen LogP contribution is -2.40. The van der Waals surface area contributed by atoms with E-state index in [9.17, 15) is 0 Å². The molecule has 0 spiro atoms. The first-order valence-electron chi connectivity index (χ1n) is 9.51. The molecule has 1 fully saturated rings. The fourth-order valence-electron chi connectivity index (χ4n) is 3.48. The van der Waals surface area contributed by atoms with Crippen LogP contribution in [0.4, 0.5) is 0 Å². The molecule has 4 nitrogen and oxygen atoms in total. The zero-order chi connectivity index (χ0) is 17.2. The summed E-state index contributed by atoms with van der Waals surface area (Å²) in [6.07, 6.45) is 3.66. The van der Waals surface area contributed by atoms with Crippen LogP contribution in [0.3, 0.4) is 0 Å². The minimum absolute atomic E-state index is 0.632. The van der Waals surface area contributed by atoms with Gasteiger partial charge in [0.05, 0.1) is 0 Å². The largest absolute Gasteiger partial charge is 0.356 e. The van der Waals surface area contributed by atoms with E-state index in [1.54, 1.807) is 0 Å². The van der Waals surface area contributed by atoms with Gasteiger partial charge in [0.15, 0.2) is 5.96 Å². The molecule has 1 aliphatic rings. The number of aliphatic imine (C=N–C) groups is 1. The topological polar surface area (TPSA) is 30.9 Å². The average Bonchev–Trinajstić information content (AvgIpc) is 3.12. The lowest BCUT2D eigenvalue weighted by molar-refractivity contribution is 0.297. The molecule has 1 unspecified atom stereocenters. The molecule has 24 heavy (non-hydrogen) atoms. The summed E-state index contributed by atoms with van der Waals surface area (Å²) >= 11 is 0. The van der Waals surface area contributed by atoms with E-state index in [1.165, 1.54) is 31.4 Å². The monoisotopic (exact) mass is 330 g/mol. The third-order valence-electron chi connectivity index (χ3n) is 5.05. The summed E-state index contributed by atoms with van der Waals surface area (Å²) in [5, 5.41) is 3.55. The Kier molecular flexibility index (Phi) is 8.10. The van der Waals surface area contributed by atoms with Crippen LogP contribution in [0, 0.1) is 0 Å². The van der Waals surface area contributed by atoms with Crippen LogP contribution in [0.1, 0.15) is 44.6 Å². The second-order valence-electron chi connectivity index (χ2n) is 6.55. The molecule has 1 heterocycles. The van der Waals surface area contributed by atoms with E-state index < -0.39 is 0 Å². The third-order valence-corrected chi connectivity index (χ3v) is 5.05. The lowest BCUT2D eigenvalue weighted by atomic mass is 9.99. The molecule has 0 aliphatic carbocycles. The smallest absolute Gasteiger partial charge is 0.193 e. The number of benzene rings is 1. The Balaban J connectivity index is 1.71. The molecule has 2 rings (SSSR count). The van der Waals surface area contributed by atoms with Crippen molar-refractivity contribution in [2.24, 2.45) is 4.99 Å². The quantitative estimate of drug-likeness (QED) is 0.451. The second-order valence-corrected chi connectivity index (χ2v) is 6.55. The Hall–Kier alpha value is -1.55. The molecule has 1 N–H and O–H groups in total. The summed E-state index contributed by atoms with van der Waals surface area (Å²) in [7, 11) is 1.90. The molecule has 1 aliphatic heterocycles. The first-order chi connectivity index (χ1) is 11.8. The van der Waals surface area contributed by atoms with Crippen LogP contribution in [0.2, 0.25) is 0 Å². The fourth-order valence-corrected chi connectivity index (χ4v) is 3.48. The molecular formula is C20H34N4. The number of guanidine groups is 1. The average molecular weight is 331 g/mol. The van der Waals surface area contributed by atoms with Crippen molar-refractivity contribution >= 4 is 5.96 Å². The van der Waals surface area contributed by atoms with Crippen molar-refractivity contribution in [3.05, 3.63) is 35.9 Å². The number of nitrogens with one attached hydrogen (secondary N) is 1. The molecule has 0 amide bonds. The minimum Gasteiger partial charge on any atom is -0.356 e. The van der Waals surface area contributed by atoms with E-state index in [0.717, 1.165) is 38.7 Å². The zero-order valence-electron chi connectivity index (χ0n) is 15.7. The number of rotatable bonds is 8. The van der Waals surface area contributed by atoms with E-state index >= 15 is 0 Å². The SMILES string of the molecule is CCN(CC)CCCCNC(=NC)N1CCC(c2ccccc2)C1. The van der Waals surface area contributed by atoms with Crippen LogP contribution in [0.15, 0.2) is 35.3 Å². The summed E-state index contributed by atoms with van der Waals surface area (Å²) in [6.45, 7) is 11.2. The van der Waals surface area contributed by atoms with Crippen LogP contribution < -0.4 is 5.32 Å². The molecule has 0 radical (unpaired) electrons. The van der Waals surface area contributed by atoms with Crippen LogP contribution >= 0.6 is 0 Å². The summed E-state index contributed by atoms with van der Waals surface area (Å²) < 4.78 is 0. The van der Waals surface area contributed by atoms with Crippen molar-refractivity contribution in [1.82, 2.24) is 15.1 Å². The van der Waals surface area contributed by atoms with Gasteiger partial charge in [-0.25, -0.2) is 0 Å². The van der Waals surface area contributed by atoms with Gasteiger partial charge in [0.1, 0.15) is 0 Å².